The molecule has 1 amide bonds. The van der Waals surface area contributed by atoms with Crippen molar-refractivity contribution in [1.29, 1.82) is 0 Å². The van der Waals surface area contributed by atoms with E-state index in [0.29, 0.717) is 31.8 Å². The number of unbranched alkanes of at least 4 members (excludes halogenated alkanes) is 21. The number of hydrogen-bond donors (Lipinski definition) is 0. The van der Waals surface area contributed by atoms with Crippen LogP contribution in [0.25, 0.3) is 0 Å². The van der Waals surface area contributed by atoms with Crippen LogP contribution in [-0.2, 0) is 19.2 Å². The van der Waals surface area contributed by atoms with Crippen molar-refractivity contribution in [2.24, 2.45) is 5.92 Å². The van der Waals surface area contributed by atoms with Crippen LogP contribution in [0.5, 0.6) is 0 Å². The minimum Gasteiger partial charge on any atom is -0.461 e. The number of carbonyl (C=O) groups excluding carboxylic acids is 2. The fourth-order valence-electron chi connectivity index (χ4n) is 7.73. The van der Waals surface area contributed by atoms with Crippen LogP contribution in [0.15, 0.2) is 0 Å². The molecule has 0 aliphatic rings. The van der Waals surface area contributed by atoms with Crippen molar-refractivity contribution in [2.75, 3.05) is 33.9 Å². The minimum atomic E-state index is -3.45. The zero-order valence-electron chi connectivity index (χ0n) is 38.1. The lowest BCUT2D eigenvalue weighted by atomic mass is 9.92. The predicted octanol–water partition coefficient (Wildman–Crippen LogP) is 14.8. The molecule has 334 valence electrons. The summed E-state index contributed by atoms with van der Waals surface area (Å²) < 4.78 is 34.8. The lowest BCUT2D eigenvalue weighted by Gasteiger charge is -2.31. The van der Waals surface area contributed by atoms with Gasteiger partial charge in [0.15, 0.2) is 0 Å². The molecule has 1 unspecified atom stereocenters. The summed E-state index contributed by atoms with van der Waals surface area (Å²) in [6.07, 6.45) is 34.5. The predicted molar refractivity (Wildman–Crippen MR) is 234 cm³/mol. The molecule has 0 aromatic carbocycles. The Balaban J connectivity index is 5.13. The second-order valence-corrected chi connectivity index (χ2v) is 17.3. The van der Waals surface area contributed by atoms with Gasteiger partial charge in [-0.25, -0.2) is 9.86 Å². The van der Waals surface area contributed by atoms with Gasteiger partial charge in [-0.3, -0.25) is 9.63 Å². The number of alkyl halides is 2. The molecule has 8 heteroatoms. The van der Waals surface area contributed by atoms with Gasteiger partial charge >= 0.3 is 11.9 Å². The van der Waals surface area contributed by atoms with E-state index in [-0.39, 0.29) is 25.0 Å². The van der Waals surface area contributed by atoms with Crippen molar-refractivity contribution in [3.8, 4) is 0 Å². The van der Waals surface area contributed by atoms with Crippen LogP contribution in [0.2, 0.25) is 0 Å². The smallest absolute Gasteiger partial charge is 0.376 e. The van der Waals surface area contributed by atoms with Gasteiger partial charge in [0.05, 0.1) is 19.3 Å². The van der Waals surface area contributed by atoms with Crippen LogP contribution in [-0.4, -0.2) is 67.7 Å². The van der Waals surface area contributed by atoms with E-state index in [1.54, 1.807) is 5.06 Å². The van der Waals surface area contributed by atoms with E-state index in [1.807, 2.05) is 14.1 Å². The molecule has 56 heavy (non-hydrogen) atoms. The van der Waals surface area contributed by atoms with Gasteiger partial charge in [-0.1, -0.05) is 195 Å². The maximum Gasteiger partial charge on any atom is 0.376 e. The molecule has 0 saturated carbocycles. The summed E-state index contributed by atoms with van der Waals surface area (Å²) >= 11 is 0. The summed E-state index contributed by atoms with van der Waals surface area (Å²) in [7, 11) is 4.07. The molecular weight excluding hydrogens is 707 g/mol. The molecule has 0 bridgehead atoms. The Morgan fingerprint density at radius 3 is 1.45 bits per heavy atom. The first-order valence-corrected chi connectivity index (χ1v) is 24.3. The number of amides is 1. The molecule has 0 saturated heterocycles. The normalized spacial score (nSPS) is 12.5. The molecule has 0 fully saturated rings. The number of carbonyl (C=O) groups is 2. The second-order valence-electron chi connectivity index (χ2n) is 17.3. The van der Waals surface area contributed by atoms with Crippen LogP contribution in [0.1, 0.15) is 246 Å². The van der Waals surface area contributed by atoms with Gasteiger partial charge in [0.2, 0.25) is 5.91 Å². The van der Waals surface area contributed by atoms with E-state index >= 15 is 0 Å². The molecule has 0 aromatic heterocycles. The van der Waals surface area contributed by atoms with Crippen LogP contribution in [0.4, 0.5) is 8.78 Å². The topological polar surface area (TPSA) is 59.1 Å². The van der Waals surface area contributed by atoms with E-state index in [0.717, 1.165) is 103 Å². The molecule has 1 atom stereocenters. The molecule has 0 N–H and O–H groups in total. The highest BCUT2D eigenvalue weighted by atomic mass is 19.3. The first-order valence-electron chi connectivity index (χ1n) is 24.3. The molecule has 0 radical (unpaired) electrons. The third kappa shape index (κ3) is 32.7. The highest BCUT2D eigenvalue weighted by Crippen LogP contribution is 2.27. The van der Waals surface area contributed by atoms with Gasteiger partial charge in [-0.15, -0.1) is 0 Å². The Bertz CT molecular complexity index is 864. The van der Waals surface area contributed by atoms with Gasteiger partial charge in [0.1, 0.15) is 0 Å². The minimum absolute atomic E-state index is 0.000168. The zero-order valence-corrected chi connectivity index (χ0v) is 38.1. The van der Waals surface area contributed by atoms with E-state index in [2.05, 4.69) is 32.6 Å². The Morgan fingerprint density at radius 1 is 0.518 bits per heavy atom. The Hall–Kier alpha value is -1.28. The highest BCUT2D eigenvalue weighted by Gasteiger charge is 2.39. The monoisotopic (exact) mass is 801 g/mol. The van der Waals surface area contributed by atoms with E-state index < -0.39 is 18.3 Å². The largest absolute Gasteiger partial charge is 0.461 e. The first kappa shape index (κ1) is 54.7. The second kappa shape index (κ2) is 39.2. The van der Waals surface area contributed by atoms with Crippen molar-refractivity contribution in [1.82, 2.24) is 9.96 Å². The first-order chi connectivity index (χ1) is 27.1. The molecule has 0 aromatic rings. The number of halogens is 2. The zero-order chi connectivity index (χ0) is 41.5. The fraction of sp³-hybridized carbons (Fsp3) is 0.958. The molecule has 0 aliphatic heterocycles. The van der Waals surface area contributed by atoms with Crippen LogP contribution in [0.3, 0.4) is 0 Å². The standard InChI is InChI=1S/C48H94F2N2O4/c1-7-11-15-17-19-21-23-29-36-45(52(46(53)38-33-41-51(5)6)56-42-32-26-22-20-18-16-12-8-2)37-30-24-25-31-40-48(49,50)47(54)55-43-39-44(34-27-13-9-3)35-28-14-10-4/h44-45H,7-43H2,1-6H3. The molecule has 0 rings (SSSR count). The number of hydroxylamine groups is 2. The fourth-order valence-corrected chi connectivity index (χ4v) is 7.73. The van der Waals surface area contributed by atoms with Gasteiger partial charge in [-0.2, -0.15) is 8.78 Å². The average molecular weight is 801 g/mol. The number of nitrogens with zero attached hydrogens (tertiary/aromatic N) is 2. The maximum atomic E-state index is 14.8. The highest BCUT2D eigenvalue weighted by molar-refractivity contribution is 5.77. The lowest BCUT2D eigenvalue weighted by molar-refractivity contribution is -0.203. The summed E-state index contributed by atoms with van der Waals surface area (Å²) in [6, 6.07) is 0.000168. The van der Waals surface area contributed by atoms with Crippen molar-refractivity contribution >= 4 is 11.9 Å². The molecule has 6 nitrogen and oxygen atoms in total. The summed E-state index contributed by atoms with van der Waals surface area (Å²) in [6.45, 7) is 10.4. The van der Waals surface area contributed by atoms with Gasteiger partial charge in [0, 0.05) is 12.8 Å². The summed E-state index contributed by atoms with van der Waals surface area (Å²) in [5, 5.41) is 1.74. The quantitative estimate of drug-likeness (QED) is 0.0349. The number of esters is 1. The summed E-state index contributed by atoms with van der Waals surface area (Å²) in [4.78, 5) is 34.5. The Labute approximate surface area is 346 Å². The average Bonchev–Trinajstić information content (AvgIpc) is 3.17. The van der Waals surface area contributed by atoms with Crippen molar-refractivity contribution in [2.45, 2.75) is 258 Å². The van der Waals surface area contributed by atoms with Crippen LogP contribution in [0, 0.1) is 5.92 Å². The van der Waals surface area contributed by atoms with Crippen molar-refractivity contribution in [3.63, 3.8) is 0 Å². The SMILES string of the molecule is CCCCCCCCCCON(C(=O)CCCN(C)C)C(CCCCCCCCCC)CCCCCCC(F)(F)C(=O)OCCC(CCCCC)CCCCC. The Morgan fingerprint density at radius 2 is 0.946 bits per heavy atom. The number of hydrogen-bond acceptors (Lipinski definition) is 5. The van der Waals surface area contributed by atoms with E-state index in [4.69, 9.17) is 9.57 Å². The summed E-state index contributed by atoms with van der Waals surface area (Å²) in [5.74, 6) is -4.30. The maximum absolute atomic E-state index is 14.8. The molecule has 0 heterocycles. The molecule has 0 spiro atoms. The van der Waals surface area contributed by atoms with Crippen molar-refractivity contribution in [3.05, 3.63) is 0 Å². The molecular formula is C48H94F2N2O4. The third-order valence-electron chi connectivity index (χ3n) is 11.5. The number of ether oxygens (including phenoxy) is 1. The van der Waals surface area contributed by atoms with E-state index in [9.17, 15) is 18.4 Å². The Kier molecular flexibility index (Phi) is 38.3. The van der Waals surface area contributed by atoms with Crippen LogP contribution < -0.4 is 0 Å². The molecule has 0 aliphatic carbocycles. The van der Waals surface area contributed by atoms with Crippen LogP contribution >= 0.6 is 0 Å². The van der Waals surface area contributed by atoms with E-state index in [1.165, 1.54) is 89.9 Å². The van der Waals surface area contributed by atoms with Crippen molar-refractivity contribution < 1.29 is 27.9 Å². The van der Waals surface area contributed by atoms with Gasteiger partial charge in [-0.05, 0) is 65.1 Å². The van der Waals surface area contributed by atoms with Gasteiger partial charge in [0.25, 0.3) is 0 Å². The lowest BCUT2D eigenvalue weighted by Crippen LogP contribution is -2.41. The van der Waals surface area contributed by atoms with Gasteiger partial charge < -0.3 is 9.64 Å². The third-order valence-corrected chi connectivity index (χ3v) is 11.5. The number of rotatable bonds is 43. The summed E-state index contributed by atoms with van der Waals surface area (Å²) in [5.41, 5.74) is 0.